The van der Waals surface area contributed by atoms with Crippen molar-refractivity contribution in [1.82, 2.24) is 15.0 Å². The molecule has 0 saturated carbocycles. The first kappa shape index (κ1) is 14.1. The van der Waals surface area contributed by atoms with Gasteiger partial charge in [0.05, 0.1) is 17.8 Å². The van der Waals surface area contributed by atoms with Crippen LogP contribution in [0.1, 0.15) is 5.69 Å². The van der Waals surface area contributed by atoms with E-state index in [1.807, 2.05) is 42.5 Å². The quantitative estimate of drug-likeness (QED) is 0.743. The third-order valence-corrected chi connectivity index (χ3v) is 3.53. The van der Waals surface area contributed by atoms with Crippen molar-refractivity contribution in [2.45, 2.75) is 0 Å². The standard InChI is InChI=1S/C16H11ClN4O/c1-22-12-6-4-5-11(9-12)21-16(15(10-18)19-20-21)13-7-2-3-8-14(13)17/h2-9H,1H3. The smallest absolute Gasteiger partial charge is 0.191 e. The fourth-order valence-electron chi connectivity index (χ4n) is 2.18. The van der Waals surface area contributed by atoms with Crippen molar-refractivity contribution < 1.29 is 4.74 Å². The lowest BCUT2D eigenvalue weighted by Gasteiger charge is -2.09. The van der Waals surface area contributed by atoms with Crippen LogP contribution in [-0.2, 0) is 0 Å². The van der Waals surface area contributed by atoms with Gasteiger partial charge >= 0.3 is 0 Å². The molecule has 1 heterocycles. The van der Waals surface area contributed by atoms with Crippen molar-refractivity contribution in [3.63, 3.8) is 0 Å². The molecule has 0 aliphatic carbocycles. The third-order valence-electron chi connectivity index (χ3n) is 3.20. The first-order valence-corrected chi connectivity index (χ1v) is 6.87. The first-order chi connectivity index (χ1) is 10.7. The predicted molar refractivity (Wildman–Crippen MR) is 83.1 cm³/mol. The van der Waals surface area contributed by atoms with Crippen LogP contribution < -0.4 is 4.74 Å². The fourth-order valence-corrected chi connectivity index (χ4v) is 2.40. The number of halogens is 1. The SMILES string of the molecule is COc1cccc(-n2nnc(C#N)c2-c2ccccc2Cl)c1. The van der Waals surface area contributed by atoms with Gasteiger partial charge in [0.2, 0.25) is 0 Å². The minimum absolute atomic E-state index is 0.218. The number of ether oxygens (including phenoxy) is 1. The Balaban J connectivity index is 2.24. The van der Waals surface area contributed by atoms with Crippen LogP contribution in [0.25, 0.3) is 16.9 Å². The van der Waals surface area contributed by atoms with E-state index in [1.54, 1.807) is 17.9 Å². The summed E-state index contributed by atoms with van der Waals surface area (Å²) in [5.74, 6) is 0.691. The van der Waals surface area contributed by atoms with Crippen LogP contribution in [0.4, 0.5) is 0 Å². The van der Waals surface area contributed by atoms with E-state index in [2.05, 4.69) is 16.4 Å². The van der Waals surface area contributed by atoms with Gasteiger partial charge in [0.1, 0.15) is 17.5 Å². The fraction of sp³-hybridized carbons (Fsp3) is 0.0625. The maximum absolute atomic E-state index is 9.30. The van der Waals surface area contributed by atoms with Crippen LogP contribution in [0.5, 0.6) is 5.75 Å². The highest BCUT2D eigenvalue weighted by Gasteiger charge is 2.18. The van der Waals surface area contributed by atoms with E-state index < -0.39 is 0 Å². The molecule has 0 saturated heterocycles. The van der Waals surface area contributed by atoms with E-state index in [4.69, 9.17) is 16.3 Å². The molecule has 6 heteroatoms. The van der Waals surface area contributed by atoms with Crippen LogP contribution in [0.3, 0.4) is 0 Å². The summed E-state index contributed by atoms with van der Waals surface area (Å²) in [6, 6.07) is 16.7. The molecule has 0 unspecified atom stereocenters. The Morgan fingerprint density at radius 2 is 2.00 bits per heavy atom. The minimum atomic E-state index is 0.218. The Morgan fingerprint density at radius 1 is 1.18 bits per heavy atom. The van der Waals surface area contributed by atoms with Gasteiger partial charge in [0.25, 0.3) is 0 Å². The Hall–Kier alpha value is -2.84. The zero-order chi connectivity index (χ0) is 15.5. The van der Waals surface area contributed by atoms with E-state index in [9.17, 15) is 5.26 Å². The van der Waals surface area contributed by atoms with E-state index in [-0.39, 0.29) is 5.69 Å². The number of hydrogen-bond donors (Lipinski definition) is 0. The van der Waals surface area contributed by atoms with E-state index in [1.165, 1.54) is 0 Å². The van der Waals surface area contributed by atoms with Crippen LogP contribution in [0.2, 0.25) is 5.02 Å². The van der Waals surface area contributed by atoms with Crippen molar-refractivity contribution in [3.05, 3.63) is 59.2 Å². The average Bonchev–Trinajstić information content (AvgIpc) is 2.99. The molecule has 2 aromatic carbocycles. The Bertz CT molecular complexity index is 867. The number of methoxy groups -OCH3 is 1. The molecule has 0 amide bonds. The zero-order valence-electron chi connectivity index (χ0n) is 11.7. The summed E-state index contributed by atoms with van der Waals surface area (Å²) in [6.45, 7) is 0. The maximum atomic E-state index is 9.30. The molecular formula is C16H11ClN4O. The summed E-state index contributed by atoms with van der Waals surface area (Å²) < 4.78 is 6.81. The Morgan fingerprint density at radius 3 is 2.73 bits per heavy atom. The molecule has 0 N–H and O–H groups in total. The highest BCUT2D eigenvalue weighted by molar-refractivity contribution is 6.33. The second kappa shape index (κ2) is 5.88. The van der Waals surface area contributed by atoms with Gasteiger partial charge in [-0.2, -0.15) is 5.26 Å². The maximum Gasteiger partial charge on any atom is 0.191 e. The second-order valence-electron chi connectivity index (χ2n) is 4.49. The molecule has 5 nitrogen and oxygen atoms in total. The molecular weight excluding hydrogens is 300 g/mol. The highest BCUT2D eigenvalue weighted by atomic mass is 35.5. The summed E-state index contributed by atoms with van der Waals surface area (Å²) in [5.41, 5.74) is 2.22. The van der Waals surface area contributed by atoms with Gasteiger partial charge in [-0.25, -0.2) is 4.68 Å². The zero-order valence-corrected chi connectivity index (χ0v) is 12.4. The predicted octanol–water partition coefficient (Wildman–Crippen LogP) is 3.47. The van der Waals surface area contributed by atoms with Gasteiger partial charge in [-0.3, -0.25) is 0 Å². The topological polar surface area (TPSA) is 63.7 Å². The minimum Gasteiger partial charge on any atom is -0.497 e. The molecule has 1 aromatic heterocycles. The number of hydrogen-bond acceptors (Lipinski definition) is 4. The molecule has 0 aliphatic rings. The lowest BCUT2D eigenvalue weighted by Crippen LogP contribution is -2.00. The van der Waals surface area contributed by atoms with Gasteiger partial charge in [-0.05, 0) is 18.2 Å². The molecule has 0 bridgehead atoms. The van der Waals surface area contributed by atoms with Crippen LogP contribution in [0, 0.1) is 11.3 Å². The molecule has 0 atom stereocenters. The van der Waals surface area contributed by atoms with Gasteiger partial charge in [-0.15, -0.1) is 5.10 Å². The van der Waals surface area contributed by atoms with E-state index in [0.29, 0.717) is 22.0 Å². The second-order valence-corrected chi connectivity index (χ2v) is 4.90. The van der Waals surface area contributed by atoms with E-state index >= 15 is 0 Å². The Labute approximate surface area is 132 Å². The van der Waals surface area contributed by atoms with Crippen molar-refractivity contribution in [2.24, 2.45) is 0 Å². The van der Waals surface area contributed by atoms with Crippen molar-refractivity contribution in [3.8, 4) is 28.8 Å². The van der Waals surface area contributed by atoms with Crippen molar-refractivity contribution in [1.29, 1.82) is 5.26 Å². The summed E-state index contributed by atoms with van der Waals surface area (Å²) in [6.07, 6.45) is 0. The number of nitriles is 1. The van der Waals surface area contributed by atoms with Gasteiger partial charge < -0.3 is 4.74 Å². The molecule has 0 spiro atoms. The summed E-state index contributed by atoms with van der Waals surface area (Å²) in [4.78, 5) is 0. The number of aromatic nitrogens is 3. The van der Waals surface area contributed by atoms with Gasteiger partial charge in [-0.1, -0.05) is 41.1 Å². The molecule has 0 fully saturated rings. The van der Waals surface area contributed by atoms with Crippen LogP contribution in [-0.4, -0.2) is 22.1 Å². The third kappa shape index (κ3) is 2.41. The molecule has 3 rings (SSSR count). The summed E-state index contributed by atoms with van der Waals surface area (Å²) in [7, 11) is 1.59. The molecule has 22 heavy (non-hydrogen) atoms. The van der Waals surface area contributed by atoms with Crippen LogP contribution >= 0.6 is 11.6 Å². The van der Waals surface area contributed by atoms with Crippen molar-refractivity contribution >= 4 is 11.6 Å². The normalized spacial score (nSPS) is 10.2. The van der Waals surface area contributed by atoms with Gasteiger partial charge in [0.15, 0.2) is 5.69 Å². The lowest BCUT2D eigenvalue weighted by atomic mass is 10.1. The average molecular weight is 311 g/mol. The molecule has 0 aliphatic heterocycles. The van der Waals surface area contributed by atoms with E-state index in [0.717, 1.165) is 5.69 Å². The molecule has 108 valence electrons. The van der Waals surface area contributed by atoms with Crippen molar-refractivity contribution in [2.75, 3.05) is 7.11 Å². The first-order valence-electron chi connectivity index (χ1n) is 6.49. The monoisotopic (exact) mass is 310 g/mol. The summed E-state index contributed by atoms with van der Waals surface area (Å²) in [5, 5.41) is 17.8. The lowest BCUT2D eigenvalue weighted by molar-refractivity contribution is 0.414. The molecule has 3 aromatic rings. The number of benzene rings is 2. The Kier molecular flexibility index (Phi) is 3.77. The molecule has 0 radical (unpaired) electrons. The highest BCUT2D eigenvalue weighted by Crippen LogP contribution is 2.31. The number of nitrogens with zero attached hydrogens (tertiary/aromatic N) is 4. The van der Waals surface area contributed by atoms with Gasteiger partial charge in [0, 0.05) is 11.6 Å². The van der Waals surface area contributed by atoms with Crippen LogP contribution in [0.15, 0.2) is 48.5 Å². The largest absolute Gasteiger partial charge is 0.497 e. The summed E-state index contributed by atoms with van der Waals surface area (Å²) >= 11 is 6.26. The number of rotatable bonds is 3.